The molecule has 1 saturated heterocycles. The molecule has 5 nitrogen and oxygen atoms in total. The number of nitrogens with zero attached hydrogens (tertiary/aromatic N) is 1. The number of thiophene rings is 1. The van der Waals surface area contributed by atoms with E-state index in [1.54, 1.807) is 30.0 Å². The van der Waals surface area contributed by atoms with Gasteiger partial charge in [0.2, 0.25) is 0 Å². The minimum absolute atomic E-state index is 0.129. The maximum Gasteiger partial charge on any atom is 0.415 e. The van der Waals surface area contributed by atoms with E-state index in [2.05, 4.69) is 5.32 Å². The first-order valence-electron chi connectivity index (χ1n) is 8.69. The molecule has 1 aromatic carbocycles. The minimum Gasteiger partial charge on any atom is -0.410 e. The number of likely N-dealkylation sites (tertiary alicyclic amines) is 1. The summed E-state index contributed by atoms with van der Waals surface area (Å²) in [5.41, 5.74) is 0.317. The number of amides is 2. The first kappa shape index (κ1) is 19.6. The number of piperidine rings is 1. The fourth-order valence-corrected chi connectivity index (χ4v) is 3.90. The average molecular weight is 411 g/mol. The molecule has 1 fully saturated rings. The van der Waals surface area contributed by atoms with Gasteiger partial charge < -0.3 is 15.0 Å². The van der Waals surface area contributed by atoms with Crippen molar-refractivity contribution in [2.45, 2.75) is 19.8 Å². The van der Waals surface area contributed by atoms with Crippen LogP contribution < -0.4 is 10.1 Å². The molecule has 2 aromatic rings. The summed E-state index contributed by atoms with van der Waals surface area (Å²) in [6, 6.07) is 7.83. The lowest BCUT2D eigenvalue weighted by Crippen LogP contribution is -2.42. The Balaban J connectivity index is 1.45. The third kappa shape index (κ3) is 4.99. The average Bonchev–Trinajstić information content (AvgIpc) is 3.10. The van der Waals surface area contributed by atoms with E-state index < -0.39 is 11.9 Å². The van der Waals surface area contributed by atoms with E-state index in [0.29, 0.717) is 40.3 Å². The number of halogens is 2. The van der Waals surface area contributed by atoms with Gasteiger partial charge in [0.25, 0.3) is 5.91 Å². The normalized spacial score (nSPS) is 14.9. The van der Waals surface area contributed by atoms with E-state index in [4.69, 9.17) is 16.3 Å². The highest BCUT2D eigenvalue weighted by molar-refractivity contribution is 7.17. The van der Waals surface area contributed by atoms with Crippen LogP contribution in [0, 0.1) is 18.7 Å². The number of ether oxygens (including phenoxy) is 1. The smallest absolute Gasteiger partial charge is 0.410 e. The molecular weight excluding hydrogens is 391 g/mol. The summed E-state index contributed by atoms with van der Waals surface area (Å²) in [6.07, 6.45) is 1.06. The number of carbonyl (C=O) groups excluding carboxylic acids is 2. The van der Waals surface area contributed by atoms with Crippen LogP contribution in [0.15, 0.2) is 30.3 Å². The third-order valence-corrected chi connectivity index (χ3v) is 5.87. The molecule has 2 amide bonds. The molecule has 1 aliphatic rings. The predicted molar refractivity (Wildman–Crippen MR) is 103 cm³/mol. The summed E-state index contributed by atoms with van der Waals surface area (Å²) in [7, 11) is 0. The molecule has 8 heteroatoms. The zero-order chi connectivity index (χ0) is 19.4. The lowest BCUT2D eigenvalue weighted by molar-refractivity contribution is 0.0935. The Hall–Kier alpha value is -2.12. The Morgan fingerprint density at radius 3 is 2.70 bits per heavy atom. The van der Waals surface area contributed by atoms with Crippen LogP contribution in [0.3, 0.4) is 0 Å². The van der Waals surface area contributed by atoms with Crippen molar-refractivity contribution < 1.29 is 18.7 Å². The highest BCUT2D eigenvalue weighted by Gasteiger charge is 2.25. The van der Waals surface area contributed by atoms with E-state index in [1.807, 2.05) is 0 Å². The van der Waals surface area contributed by atoms with Gasteiger partial charge in [-0.05, 0) is 49.9 Å². The van der Waals surface area contributed by atoms with Crippen molar-refractivity contribution in [2.75, 3.05) is 19.6 Å². The maximum atomic E-state index is 13.6. The monoisotopic (exact) mass is 410 g/mol. The van der Waals surface area contributed by atoms with Crippen molar-refractivity contribution in [1.29, 1.82) is 0 Å². The Bertz CT molecular complexity index is 834. The largest absolute Gasteiger partial charge is 0.415 e. The quantitative estimate of drug-likeness (QED) is 0.807. The first-order chi connectivity index (χ1) is 12.9. The molecule has 0 bridgehead atoms. The Labute approximate surface area is 166 Å². The minimum atomic E-state index is -0.473. The standard InChI is InChI=1S/C19H20ClFN2O3S/c1-12-14(21)3-2-4-15(12)26-19(25)23-9-7-13(8-10-23)11-22-18(24)16-5-6-17(20)27-16/h2-6,13H,7-11H2,1H3,(H,22,24). The molecule has 1 N–H and O–H groups in total. The van der Waals surface area contributed by atoms with Gasteiger partial charge in [-0.1, -0.05) is 17.7 Å². The van der Waals surface area contributed by atoms with Crippen molar-refractivity contribution in [3.8, 4) is 5.75 Å². The van der Waals surface area contributed by atoms with Gasteiger partial charge in [0.05, 0.1) is 9.21 Å². The number of nitrogens with one attached hydrogen (secondary N) is 1. The second-order valence-electron chi connectivity index (χ2n) is 6.48. The van der Waals surface area contributed by atoms with Gasteiger partial charge in [0.1, 0.15) is 11.6 Å². The molecule has 1 aromatic heterocycles. The first-order valence-corrected chi connectivity index (χ1v) is 9.89. The molecule has 0 spiro atoms. The molecular formula is C19H20ClFN2O3S. The number of rotatable bonds is 4. The lowest BCUT2D eigenvalue weighted by Gasteiger charge is -2.31. The number of benzene rings is 1. The summed E-state index contributed by atoms with van der Waals surface area (Å²) in [6.45, 7) is 3.21. The molecule has 0 unspecified atom stereocenters. The van der Waals surface area contributed by atoms with Crippen LogP contribution in [-0.4, -0.2) is 36.5 Å². The van der Waals surface area contributed by atoms with Gasteiger partial charge in [-0.15, -0.1) is 11.3 Å². The summed E-state index contributed by atoms with van der Waals surface area (Å²) in [4.78, 5) is 26.6. The van der Waals surface area contributed by atoms with Gasteiger partial charge in [-0.2, -0.15) is 0 Å². The van der Waals surface area contributed by atoms with Gasteiger partial charge in [0.15, 0.2) is 0 Å². The third-order valence-electron chi connectivity index (χ3n) is 4.64. The van der Waals surface area contributed by atoms with Gasteiger partial charge >= 0.3 is 6.09 Å². The summed E-state index contributed by atoms with van der Waals surface area (Å²) >= 11 is 7.09. The zero-order valence-corrected chi connectivity index (χ0v) is 16.4. The SMILES string of the molecule is Cc1c(F)cccc1OC(=O)N1CCC(CNC(=O)c2ccc(Cl)s2)CC1. The van der Waals surface area contributed by atoms with Crippen LogP contribution in [0.25, 0.3) is 0 Å². The Kier molecular flexibility index (Phi) is 6.34. The van der Waals surface area contributed by atoms with E-state index in [-0.39, 0.29) is 11.7 Å². The fraction of sp³-hybridized carbons (Fsp3) is 0.368. The summed E-state index contributed by atoms with van der Waals surface area (Å²) in [5.74, 6) is 0.00503. The molecule has 0 atom stereocenters. The highest BCUT2D eigenvalue weighted by Crippen LogP contribution is 2.24. The molecule has 0 saturated carbocycles. The van der Waals surface area contributed by atoms with Crippen LogP contribution in [0.1, 0.15) is 28.1 Å². The fourth-order valence-electron chi connectivity index (χ4n) is 2.94. The van der Waals surface area contributed by atoms with Crippen LogP contribution in [-0.2, 0) is 0 Å². The van der Waals surface area contributed by atoms with Crippen molar-refractivity contribution in [1.82, 2.24) is 10.2 Å². The topological polar surface area (TPSA) is 58.6 Å². The lowest BCUT2D eigenvalue weighted by atomic mass is 9.97. The van der Waals surface area contributed by atoms with E-state index in [9.17, 15) is 14.0 Å². The Morgan fingerprint density at radius 2 is 2.04 bits per heavy atom. The molecule has 0 aliphatic carbocycles. The van der Waals surface area contributed by atoms with Crippen LogP contribution in [0.4, 0.5) is 9.18 Å². The van der Waals surface area contributed by atoms with Crippen LogP contribution >= 0.6 is 22.9 Å². The van der Waals surface area contributed by atoms with Crippen molar-refractivity contribution in [3.05, 3.63) is 50.9 Å². The second kappa shape index (κ2) is 8.71. The second-order valence-corrected chi connectivity index (χ2v) is 8.19. The maximum absolute atomic E-state index is 13.6. The highest BCUT2D eigenvalue weighted by atomic mass is 35.5. The van der Waals surface area contributed by atoms with Gasteiger partial charge in [-0.25, -0.2) is 9.18 Å². The van der Waals surface area contributed by atoms with Gasteiger partial charge in [-0.3, -0.25) is 4.79 Å². The zero-order valence-electron chi connectivity index (χ0n) is 14.8. The summed E-state index contributed by atoms with van der Waals surface area (Å²) < 4.78 is 19.5. The molecule has 1 aliphatic heterocycles. The molecule has 0 radical (unpaired) electrons. The number of hydrogen-bond acceptors (Lipinski definition) is 4. The van der Waals surface area contributed by atoms with Crippen molar-refractivity contribution >= 4 is 34.9 Å². The van der Waals surface area contributed by atoms with Crippen molar-refractivity contribution in [3.63, 3.8) is 0 Å². The molecule has 144 valence electrons. The van der Waals surface area contributed by atoms with E-state index in [0.717, 1.165) is 12.8 Å². The molecule has 2 heterocycles. The van der Waals surface area contributed by atoms with E-state index in [1.165, 1.54) is 23.5 Å². The van der Waals surface area contributed by atoms with Crippen LogP contribution in [0.5, 0.6) is 5.75 Å². The van der Waals surface area contributed by atoms with Crippen LogP contribution in [0.2, 0.25) is 4.34 Å². The Morgan fingerprint density at radius 1 is 1.30 bits per heavy atom. The van der Waals surface area contributed by atoms with E-state index >= 15 is 0 Å². The van der Waals surface area contributed by atoms with Crippen molar-refractivity contribution in [2.24, 2.45) is 5.92 Å². The molecule has 3 rings (SSSR count). The summed E-state index contributed by atoms with van der Waals surface area (Å²) in [5, 5.41) is 2.92. The number of hydrogen-bond donors (Lipinski definition) is 1. The predicted octanol–water partition coefficient (Wildman–Crippen LogP) is 4.49. The number of carbonyl (C=O) groups is 2. The molecule has 27 heavy (non-hydrogen) atoms. The van der Waals surface area contributed by atoms with Gasteiger partial charge in [0, 0.05) is 25.2 Å².